The minimum Gasteiger partial charge on any atom is -0.394 e. The van der Waals surface area contributed by atoms with E-state index in [-0.39, 0.29) is 12.6 Å². The van der Waals surface area contributed by atoms with E-state index in [2.05, 4.69) is 31.3 Å². The molecule has 17 heavy (non-hydrogen) atoms. The van der Waals surface area contributed by atoms with Gasteiger partial charge in [-0.15, -0.1) is 0 Å². The van der Waals surface area contributed by atoms with E-state index in [1.165, 1.54) is 24.8 Å². The first-order chi connectivity index (χ1) is 8.11. The largest absolute Gasteiger partial charge is 0.394 e. The van der Waals surface area contributed by atoms with Crippen LogP contribution in [0.2, 0.25) is 0 Å². The molecule has 1 fully saturated rings. The van der Waals surface area contributed by atoms with Crippen LogP contribution >= 0.6 is 0 Å². The third kappa shape index (κ3) is 3.30. The summed E-state index contributed by atoms with van der Waals surface area (Å²) >= 11 is 0. The highest BCUT2D eigenvalue weighted by Crippen LogP contribution is 2.37. The van der Waals surface area contributed by atoms with Crippen molar-refractivity contribution >= 4 is 0 Å². The van der Waals surface area contributed by atoms with Gasteiger partial charge in [0.2, 0.25) is 0 Å². The lowest BCUT2D eigenvalue weighted by Gasteiger charge is -2.23. The fourth-order valence-corrected chi connectivity index (χ4v) is 2.80. The highest BCUT2D eigenvalue weighted by atomic mass is 16.3. The molecule has 0 spiro atoms. The molecular formula is C15H23NO. The first-order valence-corrected chi connectivity index (χ1v) is 6.52. The molecule has 2 N–H and O–H groups in total. The number of rotatable bonds is 4. The average molecular weight is 233 g/mol. The Balaban J connectivity index is 1.97. The second-order valence-corrected chi connectivity index (χ2v) is 5.92. The highest BCUT2D eigenvalue weighted by molar-refractivity contribution is 5.19. The van der Waals surface area contributed by atoms with Gasteiger partial charge < -0.3 is 10.4 Å². The molecule has 0 heterocycles. The molecule has 2 atom stereocenters. The Morgan fingerprint density at radius 1 is 1.35 bits per heavy atom. The van der Waals surface area contributed by atoms with Crippen LogP contribution in [0, 0.1) is 5.41 Å². The van der Waals surface area contributed by atoms with E-state index in [4.69, 9.17) is 0 Å². The summed E-state index contributed by atoms with van der Waals surface area (Å²) in [5.41, 5.74) is 1.63. The molecular weight excluding hydrogens is 210 g/mol. The summed E-state index contributed by atoms with van der Waals surface area (Å²) in [7, 11) is 0. The van der Waals surface area contributed by atoms with Crippen molar-refractivity contribution in [3.8, 4) is 0 Å². The number of aliphatic hydroxyl groups is 1. The van der Waals surface area contributed by atoms with E-state index in [9.17, 15) is 5.11 Å². The van der Waals surface area contributed by atoms with Gasteiger partial charge in [-0.25, -0.2) is 0 Å². The van der Waals surface area contributed by atoms with Crippen LogP contribution in [-0.2, 0) is 0 Å². The van der Waals surface area contributed by atoms with Crippen LogP contribution < -0.4 is 5.32 Å². The van der Waals surface area contributed by atoms with Crippen LogP contribution in [0.5, 0.6) is 0 Å². The predicted molar refractivity (Wildman–Crippen MR) is 70.8 cm³/mol. The van der Waals surface area contributed by atoms with Crippen LogP contribution in [0.3, 0.4) is 0 Å². The zero-order valence-electron chi connectivity index (χ0n) is 10.8. The van der Waals surface area contributed by atoms with E-state index >= 15 is 0 Å². The Hall–Kier alpha value is -0.860. The zero-order valence-corrected chi connectivity index (χ0v) is 10.8. The van der Waals surface area contributed by atoms with E-state index < -0.39 is 0 Å². The maximum atomic E-state index is 9.51. The van der Waals surface area contributed by atoms with Gasteiger partial charge in [-0.3, -0.25) is 0 Å². The molecule has 0 aliphatic heterocycles. The minimum absolute atomic E-state index is 0.0788. The monoisotopic (exact) mass is 233 g/mol. The van der Waals surface area contributed by atoms with Gasteiger partial charge in [0.15, 0.2) is 0 Å². The van der Waals surface area contributed by atoms with Crippen molar-refractivity contribution in [2.75, 3.05) is 6.61 Å². The molecule has 0 saturated heterocycles. The molecule has 0 aromatic heterocycles. The smallest absolute Gasteiger partial charge is 0.0626 e. The number of benzene rings is 1. The van der Waals surface area contributed by atoms with Crippen LogP contribution in [0.1, 0.15) is 44.7 Å². The molecule has 2 rings (SSSR count). The normalized spacial score (nSPS) is 24.8. The lowest BCUT2D eigenvalue weighted by atomic mass is 9.91. The molecule has 1 aromatic rings. The molecule has 1 aliphatic rings. The minimum atomic E-state index is 0.0788. The summed E-state index contributed by atoms with van der Waals surface area (Å²) in [5.74, 6) is 0. The third-order valence-electron chi connectivity index (χ3n) is 3.79. The van der Waals surface area contributed by atoms with Gasteiger partial charge in [0.05, 0.1) is 12.6 Å². The van der Waals surface area contributed by atoms with Gasteiger partial charge in [0.25, 0.3) is 0 Å². The fourth-order valence-electron chi connectivity index (χ4n) is 2.80. The number of hydrogen-bond donors (Lipinski definition) is 2. The van der Waals surface area contributed by atoms with Crippen molar-refractivity contribution < 1.29 is 5.11 Å². The average Bonchev–Trinajstić information content (AvgIpc) is 2.67. The zero-order chi connectivity index (χ0) is 12.3. The topological polar surface area (TPSA) is 32.3 Å². The van der Waals surface area contributed by atoms with Crippen molar-refractivity contribution in [1.29, 1.82) is 0 Å². The van der Waals surface area contributed by atoms with Crippen LogP contribution in [0.4, 0.5) is 0 Å². The maximum Gasteiger partial charge on any atom is 0.0626 e. The first kappa shape index (κ1) is 12.6. The lowest BCUT2D eigenvalue weighted by Crippen LogP contribution is -2.33. The molecule has 0 bridgehead atoms. The number of hydrogen-bond acceptors (Lipinski definition) is 2. The van der Waals surface area contributed by atoms with Gasteiger partial charge >= 0.3 is 0 Å². The van der Waals surface area contributed by atoms with Gasteiger partial charge in [-0.2, -0.15) is 0 Å². The number of nitrogens with one attached hydrogen (secondary N) is 1. The Morgan fingerprint density at radius 2 is 2.06 bits per heavy atom. The van der Waals surface area contributed by atoms with Crippen molar-refractivity contribution in [1.82, 2.24) is 5.32 Å². The molecule has 0 amide bonds. The molecule has 2 nitrogen and oxygen atoms in total. The van der Waals surface area contributed by atoms with E-state index in [0.29, 0.717) is 11.5 Å². The molecule has 1 aromatic carbocycles. The second kappa shape index (κ2) is 5.19. The quantitative estimate of drug-likeness (QED) is 0.838. The standard InChI is InChI=1S/C15H23NO/c1-15(2)9-8-13(10-15)16-14(11-17)12-6-4-3-5-7-12/h3-7,13-14,16-17H,8-11H2,1-2H3. The Kier molecular flexibility index (Phi) is 3.85. The number of aliphatic hydroxyl groups excluding tert-OH is 1. The molecule has 2 heteroatoms. The summed E-state index contributed by atoms with van der Waals surface area (Å²) in [5, 5.41) is 13.1. The lowest BCUT2D eigenvalue weighted by molar-refractivity contribution is 0.229. The van der Waals surface area contributed by atoms with Gasteiger partial charge in [0.1, 0.15) is 0 Å². The third-order valence-corrected chi connectivity index (χ3v) is 3.79. The van der Waals surface area contributed by atoms with Crippen molar-refractivity contribution in [2.24, 2.45) is 5.41 Å². The van der Waals surface area contributed by atoms with Gasteiger partial charge in [-0.1, -0.05) is 44.2 Å². The van der Waals surface area contributed by atoms with Crippen LogP contribution in [0.15, 0.2) is 30.3 Å². The van der Waals surface area contributed by atoms with Crippen molar-refractivity contribution in [3.63, 3.8) is 0 Å². The van der Waals surface area contributed by atoms with Crippen LogP contribution in [0.25, 0.3) is 0 Å². The van der Waals surface area contributed by atoms with E-state index in [0.717, 1.165) is 0 Å². The highest BCUT2D eigenvalue weighted by Gasteiger charge is 2.31. The van der Waals surface area contributed by atoms with Gasteiger partial charge in [0, 0.05) is 6.04 Å². The predicted octanol–water partition coefficient (Wildman–Crippen LogP) is 2.89. The van der Waals surface area contributed by atoms with Gasteiger partial charge in [-0.05, 0) is 30.2 Å². The Morgan fingerprint density at radius 3 is 2.59 bits per heavy atom. The second-order valence-electron chi connectivity index (χ2n) is 5.92. The van der Waals surface area contributed by atoms with E-state index in [1.807, 2.05) is 18.2 Å². The molecule has 0 radical (unpaired) electrons. The fraction of sp³-hybridized carbons (Fsp3) is 0.600. The molecule has 1 saturated carbocycles. The molecule has 1 aliphatic carbocycles. The van der Waals surface area contributed by atoms with E-state index in [1.54, 1.807) is 0 Å². The molecule has 2 unspecified atom stereocenters. The molecule has 94 valence electrons. The SMILES string of the molecule is CC1(C)CCC(NC(CO)c2ccccc2)C1. The van der Waals surface area contributed by atoms with Crippen molar-refractivity contribution in [3.05, 3.63) is 35.9 Å². The maximum absolute atomic E-state index is 9.51. The Bertz CT molecular complexity index is 347. The van der Waals surface area contributed by atoms with Crippen LogP contribution in [-0.4, -0.2) is 17.8 Å². The van der Waals surface area contributed by atoms with Crippen molar-refractivity contribution in [2.45, 2.75) is 45.2 Å². The Labute approximate surface area is 104 Å². The summed E-state index contributed by atoms with van der Waals surface area (Å²) in [6.45, 7) is 4.82. The summed E-state index contributed by atoms with van der Waals surface area (Å²) in [4.78, 5) is 0. The first-order valence-electron chi connectivity index (χ1n) is 6.52. The summed E-state index contributed by atoms with van der Waals surface area (Å²) in [6, 6.07) is 10.8. The summed E-state index contributed by atoms with van der Waals surface area (Å²) in [6.07, 6.45) is 3.70. The summed E-state index contributed by atoms with van der Waals surface area (Å²) < 4.78 is 0.